The number of aliphatic hydroxyl groups excluding tert-OH is 12. The summed E-state index contributed by atoms with van der Waals surface area (Å²) in [5, 5.41) is 124. The van der Waals surface area contributed by atoms with Gasteiger partial charge >= 0.3 is 0 Å². The highest BCUT2D eigenvalue weighted by Crippen LogP contribution is 2.33. The molecule has 0 spiro atoms. The van der Waals surface area contributed by atoms with Crippen LogP contribution >= 0.6 is 0 Å². The molecule has 1 amide bonds. The van der Waals surface area contributed by atoms with E-state index in [1.54, 1.807) is 0 Å². The molecule has 17 atom stereocenters. The summed E-state index contributed by atoms with van der Waals surface area (Å²) in [5.74, 6) is -0.730. The van der Waals surface area contributed by atoms with E-state index in [4.69, 9.17) is 28.4 Å². The van der Waals surface area contributed by atoms with Crippen LogP contribution in [-0.2, 0) is 33.2 Å². The number of rotatable bonds is 13. The molecule has 3 heterocycles. The maximum atomic E-state index is 12.1. The molecule has 0 aromatic carbocycles. The monoisotopic (exact) mass is 649 g/mol. The molecule has 3 fully saturated rings. The normalized spacial score (nSPS) is 44.6. The van der Waals surface area contributed by atoms with Crippen molar-refractivity contribution < 1.29 is 94.5 Å². The first-order valence-corrected chi connectivity index (χ1v) is 13.8. The standard InChI is InChI=1S/C24H43NO19/c1-7(31)25-13-16(35)20(43-23-18(37)17(36)14(33)10(4-28)40-23)12(6-30)42-22(13)44-21-15(34)11(5-29)41-24(19(21)38)39-9(3-27)8(32)2-26/h8-24,26-30,32-38H,2-6H2,1H3,(H,25,31)/t8-,9+,10+,11+,12+,13+,14-,15-,16+,17-,18+,19+,20+,21-,22-,23-,24+/m0/s1. The van der Waals surface area contributed by atoms with Gasteiger partial charge in [-0.1, -0.05) is 0 Å². The van der Waals surface area contributed by atoms with Crippen molar-refractivity contribution >= 4 is 5.91 Å². The molecule has 0 bridgehead atoms. The Bertz CT molecular complexity index is 886. The van der Waals surface area contributed by atoms with E-state index in [1.807, 2.05) is 0 Å². The van der Waals surface area contributed by atoms with Crippen molar-refractivity contribution in [1.29, 1.82) is 0 Å². The van der Waals surface area contributed by atoms with Crippen LogP contribution in [0.3, 0.4) is 0 Å². The predicted molar refractivity (Wildman–Crippen MR) is 136 cm³/mol. The van der Waals surface area contributed by atoms with Crippen LogP contribution in [0.4, 0.5) is 0 Å². The van der Waals surface area contributed by atoms with Crippen LogP contribution < -0.4 is 5.32 Å². The highest BCUT2D eigenvalue weighted by atomic mass is 16.8. The molecule has 3 saturated heterocycles. The minimum Gasteiger partial charge on any atom is -0.394 e. The molecule has 3 rings (SSSR count). The van der Waals surface area contributed by atoms with E-state index in [2.05, 4.69) is 5.32 Å². The highest BCUT2D eigenvalue weighted by Gasteiger charge is 2.54. The zero-order valence-electron chi connectivity index (χ0n) is 23.6. The van der Waals surface area contributed by atoms with E-state index in [0.717, 1.165) is 6.92 Å². The zero-order valence-corrected chi connectivity index (χ0v) is 23.6. The lowest BCUT2D eigenvalue weighted by Gasteiger charge is -2.49. The Morgan fingerprint density at radius 2 is 1.20 bits per heavy atom. The molecule has 0 unspecified atom stereocenters. The lowest BCUT2D eigenvalue weighted by Crippen LogP contribution is -2.69. The summed E-state index contributed by atoms with van der Waals surface area (Å²) >= 11 is 0. The average molecular weight is 650 g/mol. The van der Waals surface area contributed by atoms with Crippen LogP contribution in [0.2, 0.25) is 0 Å². The maximum absolute atomic E-state index is 12.1. The Kier molecular flexibility index (Phi) is 14.0. The number of nitrogens with one attached hydrogen (secondary N) is 1. The lowest BCUT2D eigenvalue weighted by atomic mass is 9.94. The van der Waals surface area contributed by atoms with Crippen molar-refractivity contribution in [3.05, 3.63) is 0 Å². The van der Waals surface area contributed by atoms with E-state index in [-0.39, 0.29) is 0 Å². The van der Waals surface area contributed by atoms with E-state index in [0.29, 0.717) is 0 Å². The summed E-state index contributed by atoms with van der Waals surface area (Å²) in [6.07, 6.45) is -27.1. The quantitative estimate of drug-likeness (QED) is 0.0880. The lowest BCUT2D eigenvalue weighted by molar-refractivity contribution is -0.371. The van der Waals surface area contributed by atoms with Gasteiger partial charge in [-0.3, -0.25) is 4.79 Å². The molecule has 258 valence electrons. The molecule has 20 nitrogen and oxygen atoms in total. The summed E-state index contributed by atoms with van der Waals surface area (Å²) in [7, 11) is 0. The van der Waals surface area contributed by atoms with Crippen LogP contribution in [0, 0.1) is 0 Å². The van der Waals surface area contributed by atoms with Crippen LogP contribution in [0.25, 0.3) is 0 Å². The third kappa shape index (κ3) is 8.17. The number of ether oxygens (including phenoxy) is 6. The fraction of sp³-hybridized carbons (Fsp3) is 0.958. The van der Waals surface area contributed by atoms with Gasteiger partial charge in [0, 0.05) is 6.92 Å². The molecular weight excluding hydrogens is 606 g/mol. The second-order valence-electron chi connectivity index (χ2n) is 10.7. The Morgan fingerprint density at radius 1 is 0.659 bits per heavy atom. The number of amides is 1. The zero-order chi connectivity index (χ0) is 32.9. The van der Waals surface area contributed by atoms with Gasteiger partial charge in [0.1, 0.15) is 85.4 Å². The molecule has 44 heavy (non-hydrogen) atoms. The molecule has 3 aliphatic heterocycles. The van der Waals surface area contributed by atoms with Gasteiger partial charge in [0.15, 0.2) is 18.9 Å². The Morgan fingerprint density at radius 3 is 1.75 bits per heavy atom. The van der Waals surface area contributed by atoms with Gasteiger partial charge in [-0.2, -0.15) is 0 Å². The number of hydrogen-bond acceptors (Lipinski definition) is 19. The smallest absolute Gasteiger partial charge is 0.217 e. The van der Waals surface area contributed by atoms with Gasteiger partial charge in [-0.25, -0.2) is 0 Å². The SMILES string of the molecule is CC(=O)N[C@H]1[C@H](O[C@H]2[C@@H](O)[C@@H](CO)O[C@@H](O[C@H](CO)[C@@H](O)CO)[C@@H]2O)O[C@H](CO)[C@@H](O[C@@H]2O[C@H](CO)[C@H](O)[C@H](O)[C@H]2O)[C@@H]1O. The summed E-state index contributed by atoms with van der Waals surface area (Å²) in [4.78, 5) is 12.1. The third-order valence-electron chi connectivity index (χ3n) is 7.58. The number of carbonyl (C=O) groups is 1. The topological polar surface area (TPSA) is 327 Å². The van der Waals surface area contributed by atoms with E-state index < -0.39 is 143 Å². The van der Waals surface area contributed by atoms with Gasteiger partial charge < -0.3 is 95.0 Å². The molecule has 0 radical (unpaired) electrons. The fourth-order valence-corrected chi connectivity index (χ4v) is 5.10. The third-order valence-corrected chi connectivity index (χ3v) is 7.58. The summed E-state index contributed by atoms with van der Waals surface area (Å²) < 4.78 is 33.1. The molecule has 3 aliphatic rings. The Balaban J connectivity index is 1.85. The average Bonchev–Trinajstić information content (AvgIpc) is 3.00. The molecule has 13 N–H and O–H groups in total. The van der Waals surface area contributed by atoms with Crippen LogP contribution in [-0.4, -0.2) is 204 Å². The molecular formula is C24H43NO19. The van der Waals surface area contributed by atoms with Crippen LogP contribution in [0.1, 0.15) is 6.92 Å². The number of carbonyl (C=O) groups excluding carboxylic acids is 1. The van der Waals surface area contributed by atoms with Crippen molar-refractivity contribution in [3.8, 4) is 0 Å². The van der Waals surface area contributed by atoms with Gasteiger partial charge in [0.25, 0.3) is 0 Å². The van der Waals surface area contributed by atoms with Crippen molar-refractivity contribution in [2.45, 2.75) is 111 Å². The van der Waals surface area contributed by atoms with Gasteiger partial charge in [0.05, 0.1) is 33.0 Å². The largest absolute Gasteiger partial charge is 0.394 e. The van der Waals surface area contributed by atoms with Gasteiger partial charge in [-0.05, 0) is 0 Å². The number of hydrogen-bond donors (Lipinski definition) is 13. The van der Waals surface area contributed by atoms with E-state index in [9.17, 15) is 66.1 Å². The van der Waals surface area contributed by atoms with Gasteiger partial charge in [0.2, 0.25) is 5.91 Å². The molecule has 0 aromatic heterocycles. The molecule has 0 aliphatic carbocycles. The Hall–Kier alpha value is -1.25. The summed E-state index contributed by atoms with van der Waals surface area (Å²) in [5.41, 5.74) is 0. The summed E-state index contributed by atoms with van der Waals surface area (Å²) in [6.45, 7) is -3.09. The second-order valence-corrected chi connectivity index (χ2v) is 10.7. The van der Waals surface area contributed by atoms with Crippen LogP contribution in [0.5, 0.6) is 0 Å². The number of aliphatic hydroxyl groups is 12. The van der Waals surface area contributed by atoms with Crippen molar-refractivity contribution in [2.75, 3.05) is 33.0 Å². The molecule has 0 saturated carbocycles. The van der Waals surface area contributed by atoms with Gasteiger partial charge in [-0.15, -0.1) is 0 Å². The first kappa shape index (κ1) is 37.2. The maximum Gasteiger partial charge on any atom is 0.217 e. The first-order valence-electron chi connectivity index (χ1n) is 13.8. The van der Waals surface area contributed by atoms with Crippen molar-refractivity contribution in [3.63, 3.8) is 0 Å². The van der Waals surface area contributed by atoms with Crippen molar-refractivity contribution in [1.82, 2.24) is 5.32 Å². The second kappa shape index (κ2) is 16.5. The minimum absolute atomic E-state index is 0.730. The predicted octanol–water partition coefficient (Wildman–Crippen LogP) is -8.69. The molecule has 20 heteroatoms. The first-order chi connectivity index (χ1) is 20.8. The Labute approximate surface area is 250 Å². The van der Waals surface area contributed by atoms with Crippen molar-refractivity contribution in [2.24, 2.45) is 0 Å². The van der Waals surface area contributed by atoms with E-state index >= 15 is 0 Å². The molecule has 0 aromatic rings. The highest BCUT2D eigenvalue weighted by molar-refractivity contribution is 5.73. The fourth-order valence-electron chi connectivity index (χ4n) is 5.10. The van der Waals surface area contributed by atoms with Crippen LogP contribution in [0.15, 0.2) is 0 Å². The summed E-state index contributed by atoms with van der Waals surface area (Å²) in [6, 6.07) is -1.57. The van der Waals surface area contributed by atoms with E-state index in [1.165, 1.54) is 0 Å². The minimum atomic E-state index is -1.93.